The maximum Gasteiger partial charge on any atom is 0.352 e. The normalized spacial score (nSPS) is 34.1. The number of alkyl halides is 1. The van der Waals surface area contributed by atoms with Gasteiger partial charge in [0.25, 0.3) is 0 Å². The van der Waals surface area contributed by atoms with E-state index in [1.165, 1.54) is 19.1 Å². The number of hydrogen-bond acceptors (Lipinski definition) is 9. The number of nitrogens with zero attached hydrogens (tertiary/aromatic N) is 1. The van der Waals surface area contributed by atoms with Gasteiger partial charge in [-0.15, -0.1) is 11.8 Å². The number of nitriles is 1. The van der Waals surface area contributed by atoms with Gasteiger partial charge >= 0.3 is 11.9 Å². The molecule has 2 aromatic carbocycles. The lowest BCUT2D eigenvalue weighted by molar-refractivity contribution is -0.222. The van der Waals surface area contributed by atoms with Crippen molar-refractivity contribution in [2.75, 3.05) is 6.61 Å². The number of carbonyl (C=O) groups is 3. The second-order valence-corrected chi connectivity index (χ2v) is 14.4. The molecule has 7 atom stereocenters. The molecule has 4 aliphatic rings. The summed E-state index contributed by atoms with van der Waals surface area (Å²) in [6.45, 7) is 2.53. The van der Waals surface area contributed by atoms with Crippen molar-refractivity contribution in [3.8, 4) is 11.8 Å². The van der Waals surface area contributed by atoms with Crippen LogP contribution >= 0.6 is 11.8 Å². The van der Waals surface area contributed by atoms with E-state index in [1.807, 2.05) is 0 Å². The Morgan fingerprint density at radius 3 is 2.49 bits per heavy atom. The average molecular weight is 664 g/mol. The number of thioether (sulfide) groups is 1. The van der Waals surface area contributed by atoms with Gasteiger partial charge in [0.15, 0.2) is 18.1 Å². The van der Waals surface area contributed by atoms with Crippen LogP contribution in [0.2, 0.25) is 0 Å². The van der Waals surface area contributed by atoms with Crippen molar-refractivity contribution in [1.82, 2.24) is 0 Å². The number of carbonyl (C=O) groups excluding carboxylic acids is 3. The maximum absolute atomic E-state index is 17.6. The van der Waals surface area contributed by atoms with Crippen molar-refractivity contribution >= 4 is 29.5 Å². The van der Waals surface area contributed by atoms with Crippen LogP contribution in [0.4, 0.5) is 8.78 Å². The second kappa shape index (κ2) is 11.9. The fourth-order valence-electron chi connectivity index (χ4n) is 8.59. The summed E-state index contributed by atoms with van der Waals surface area (Å²) >= 11 is 1.54. The van der Waals surface area contributed by atoms with Crippen LogP contribution < -0.4 is 0 Å². The minimum Gasteiger partial charge on any atom is -0.508 e. The van der Waals surface area contributed by atoms with Gasteiger partial charge in [-0.25, -0.2) is 18.4 Å². The number of ether oxygens (including phenoxy) is 2. The first-order valence-electron chi connectivity index (χ1n) is 15.5. The minimum absolute atomic E-state index is 0.0282. The molecule has 2 saturated carbocycles. The number of ketones is 1. The smallest absolute Gasteiger partial charge is 0.352 e. The molecule has 0 radical (unpaired) electrons. The van der Waals surface area contributed by atoms with E-state index >= 15 is 8.78 Å². The summed E-state index contributed by atoms with van der Waals surface area (Å²) < 4.78 is 44.7. The van der Waals surface area contributed by atoms with E-state index in [-0.39, 0.29) is 54.8 Å². The molecule has 2 aromatic rings. The largest absolute Gasteiger partial charge is 0.508 e. The van der Waals surface area contributed by atoms with E-state index in [0.29, 0.717) is 5.75 Å². The molecule has 0 amide bonds. The standard InChI is InChI=1S/C36H35F2NO7S/c1-33-13-11-24(41)17-28(33)29(37)18-27-26-12-14-35(32(44)45-16-15-39,34(26,2)19-30(42)36(27,33)38)46-31(43)22-5-3-21(4-6-22)20-47-25-9-7-23(40)8-10-25/h3-11,13,26-27,30,40,42H,12,14,16-20H2,1-2H3/t26-,27-,30-,33-,34-,35-,36-/m0/s1. The first-order chi connectivity index (χ1) is 22.3. The first kappa shape index (κ1) is 32.9. The summed E-state index contributed by atoms with van der Waals surface area (Å²) in [7, 11) is 0. The number of halogens is 2. The molecule has 11 heteroatoms. The highest BCUT2D eigenvalue weighted by molar-refractivity contribution is 7.98. The minimum atomic E-state index is -2.36. The molecule has 6 rings (SSSR count). The van der Waals surface area contributed by atoms with Crippen molar-refractivity contribution in [2.24, 2.45) is 22.7 Å². The third-order valence-corrected chi connectivity index (χ3v) is 12.2. The molecule has 4 aliphatic carbocycles. The van der Waals surface area contributed by atoms with Gasteiger partial charge in [-0.05, 0) is 85.7 Å². The summed E-state index contributed by atoms with van der Waals surface area (Å²) in [5.41, 5.74) is -6.22. The molecule has 8 nitrogen and oxygen atoms in total. The summed E-state index contributed by atoms with van der Waals surface area (Å²) in [6.07, 6.45) is 0.0185. The summed E-state index contributed by atoms with van der Waals surface area (Å²) in [4.78, 5) is 40.6. The van der Waals surface area contributed by atoms with Gasteiger partial charge in [-0.2, -0.15) is 5.26 Å². The van der Waals surface area contributed by atoms with Crippen LogP contribution in [0.15, 0.2) is 77.0 Å². The Labute approximate surface area is 275 Å². The first-order valence-corrected chi connectivity index (χ1v) is 16.5. The van der Waals surface area contributed by atoms with Gasteiger partial charge in [0.1, 0.15) is 17.6 Å². The monoisotopic (exact) mass is 663 g/mol. The van der Waals surface area contributed by atoms with Crippen molar-refractivity contribution < 1.29 is 42.9 Å². The maximum atomic E-state index is 17.6. The fourth-order valence-corrected chi connectivity index (χ4v) is 9.44. The number of rotatable bonds is 7. The number of aromatic hydroxyl groups is 1. The Bertz CT molecular complexity index is 1720. The molecule has 0 heterocycles. The zero-order valence-corrected chi connectivity index (χ0v) is 26.8. The zero-order valence-electron chi connectivity index (χ0n) is 26.0. The zero-order chi connectivity index (χ0) is 33.8. The Morgan fingerprint density at radius 1 is 1.11 bits per heavy atom. The lowest BCUT2D eigenvalue weighted by Crippen LogP contribution is -2.69. The lowest BCUT2D eigenvalue weighted by Gasteiger charge is -2.62. The van der Waals surface area contributed by atoms with E-state index in [9.17, 15) is 24.6 Å². The number of aliphatic hydroxyl groups excluding tert-OH is 1. The highest BCUT2D eigenvalue weighted by Crippen LogP contribution is 2.70. The highest BCUT2D eigenvalue weighted by atomic mass is 32.2. The molecule has 2 fully saturated rings. The number of hydrogen-bond donors (Lipinski definition) is 2. The van der Waals surface area contributed by atoms with Crippen LogP contribution in [0, 0.1) is 34.0 Å². The fraction of sp³-hybridized carbons (Fsp3) is 0.444. The number of phenolic OH excluding ortho intramolecular Hbond substituents is 1. The van der Waals surface area contributed by atoms with Crippen LogP contribution in [-0.2, 0) is 24.8 Å². The van der Waals surface area contributed by atoms with Gasteiger partial charge in [0, 0.05) is 40.2 Å². The van der Waals surface area contributed by atoms with Crippen molar-refractivity contribution in [3.63, 3.8) is 0 Å². The molecule has 0 saturated heterocycles. The van der Waals surface area contributed by atoms with Gasteiger partial charge in [0.2, 0.25) is 5.60 Å². The highest BCUT2D eigenvalue weighted by Gasteiger charge is 2.76. The van der Waals surface area contributed by atoms with Gasteiger partial charge in [-0.1, -0.05) is 25.1 Å². The van der Waals surface area contributed by atoms with Crippen LogP contribution in [0.5, 0.6) is 5.75 Å². The molecule has 0 bridgehead atoms. The number of esters is 2. The Balaban J connectivity index is 1.30. The predicted molar refractivity (Wildman–Crippen MR) is 167 cm³/mol. The molecule has 0 aromatic heterocycles. The molecule has 246 valence electrons. The number of allylic oxidation sites excluding steroid dienone is 4. The lowest BCUT2D eigenvalue weighted by atomic mass is 9.45. The topological polar surface area (TPSA) is 134 Å². The molecule has 2 N–H and O–H groups in total. The number of phenols is 1. The van der Waals surface area contributed by atoms with Crippen molar-refractivity contribution in [3.05, 3.63) is 83.2 Å². The summed E-state index contributed by atoms with van der Waals surface area (Å²) in [6, 6.07) is 15.2. The third-order valence-electron chi connectivity index (χ3n) is 11.1. The Hall–Kier alpha value is -4.01. The summed E-state index contributed by atoms with van der Waals surface area (Å²) in [5.74, 6) is -3.81. The van der Waals surface area contributed by atoms with Gasteiger partial charge in [0.05, 0.1) is 11.7 Å². The van der Waals surface area contributed by atoms with Crippen molar-refractivity contribution in [2.45, 2.75) is 74.0 Å². The van der Waals surface area contributed by atoms with Gasteiger partial charge in [-0.3, -0.25) is 4.79 Å². The van der Waals surface area contributed by atoms with Crippen LogP contribution in [-0.4, -0.2) is 51.9 Å². The Morgan fingerprint density at radius 2 is 1.81 bits per heavy atom. The number of aliphatic hydroxyl groups is 1. The molecule has 0 aliphatic heterocycles. The van der Waals surface area contributed by atoms with E-state index in [0.717, 1.165) is 10.5 Å². The van der Waals surface area contributed by atoms with E-state index < -0.39 is 64.4 Å². The molecule has 0 unspecified atom stereocenters. The third kappa shape index (κ3) is 5.08. The number of benzene rings is 2. The quantitative estimate of drug-likeness (QED) is 0.258. The van der Waals surface area contributed by atoms with Crippen LogP contribution in [0.3, 0.4) is 0 Å². The number of fused-ring (bicyclic) bond motifs is 5. The van der Waals surface area contributed by atoms with Crippen LogP contribution in [0.1, 0.15) is 61.9 Å². The predicted octanol–water partition coefficient (Wildman–Crippen LogP) is 6.31. The Kier molecular flexibility index (Phi) is 8.33. The van der Waals surface area contributed by atoms with E-state index in [4.69, 9.17) is 14.7 Å². The molecular formula is C36H35F2NO7S. The van der Waals surface area contributed by atoms with E-state index in [2.05, 4.69) is 0 Å². The summed E-state index contributed by atoms with van der Waals surface area (Å²) in [5, 5.41) is 30.3. The molecule has 47 heavy (non-hydrogen) atoms. The second-order valence-electron chi connectivity index (χ2n) is 13.4. The molecule has 0 spiro atoms. The molecular weight excluding hydrogens is 628 g/mol. The average Bonchev–Trinajstić information content (AvgIpc) is 3.34. The van der Waals surface area contributed by atoms with Crippen molar-refractivity contribution in [1.29, 1.82) is 5.26 Å². The van der Waals surface area contributed by atoms with Crippen LogP contribution in [0.25, 0.3) is 0 Å². The van der Waals surface area contributed by atoms with E-state index in [1.54, 1.807) is 73.3 Å². The van der Waals surface area contributed by atoms with Gasteiger partial charge < -0.3 is 19.7 Å². The SMILES string of the molecule is C[C@]12C=CC(=O)CC1=C(F)C[C@H]1[C@@H]3CC[C@](OC(=O)c4ccc(CSc5ccc(O)cc5)cc4)(C(=O)OCC#N)[C@@]3(C)C[C@H](O)[C@@]12F.